The van der Waals surface area contributed by atoms with Gasteiger partial charge >= 0.3 is 0 Å². The molecule has 1 saturated heterocycles. The van der Waals surface area contributed by atoms with Crippen molar-refractivity contribution in [3.63, 3.8) is 0 Å². The van der Waals surface area contributed by atoms with Crippen molar-refractivity contribution in [1.29, 1.82) is 0 Å². The lowest BCUT2D eigenvalue weighted by Gasteiger charge is -2.48. The van der Waals surface area contributed by atoms with Gasteiger partial charge in [-0.15, -0.1) is 12.4 Å². The zero-order valence-electron chi connectivity index (χ0n) is 19.5. The van der Waals surface area contributed by atoms with E-state index in [2.05, 4.69) is 51.2 Å². The molecule has 5 rings (SSSR count). The van der Waals surface area contributed by atoms with E-state index in [0.29, 0.717) is 23.7 Å². The lowest BCUT2D eigenvalue weighted by Crippen LogP contribution is -2.50. The van der Waals surface area contributed by atoms with Crippen molar-refractivity contribution in [3.05, 3.63) is 46.0 Å². The van der Waals surface area contributed by atoms with Crippen LogP contribution in [0.3, 0.4) is 0 Å². The predicted molar refractivity (Wildman–Crippen MR) is 129 cm³/mol. The fourth-order valence-electron chi connectivity index (χ4n) is 7.49. The Kier molecular flexibility index (Phi) is 6.37. The van der Waals surface area contributed by atoms with E-state index >= 15 is 0 Å². The summed E-state index contributed by atoms with van der Waals surface area (Å²) in [6, 6.07) is 4.92. The van der Waals surface area contributed by atoms with Gasteiger partial charge in [-0.1, -0.05) is 44.6 Å². The van der Waals surface area contributed by atoms with Crippen molar-refractivity contribution in [2.24, 2.45) is 17.3 Å². The third-order valence-corrected chi connectivity index (χ3v) is 9.40. The summed E-state index contributed by atoms with van der Waals surface area (Å²) in [6.07, 6.45) is 8.20. The number of aliphatic hydroxyl groups is 2. The number of halogens is 1. The second kappa shape index (κ2) is 8.48. The zero-order valence-corrected chi connectivity index (χ0v) is 20.3. The number of aliphatic hydroxyl groups excluding tert-OH is 2. The summed E-state index contributed by atoms with van der Waals surface area (Å²) < 4.78 is 0. The maximum atomic E-state index is 10.7. The highest BCUT2D eigenvalue weighted by molar-refractivity contribution is 5.85. The summed E-state index contributed by atoms with van der Waals surface area (Å²) in [7, 11) is 0. The van der Waals surface area contributed by atoms with Gasteiger partial charge in [-0.25, -0.2) is 0 Å². The van der Waals surface area contributed by atoms with Gasteiger partial charge in [-0.2, -0.15) is 0 Å². The summed E-state index contributed by atoms with van der Waals surface area (Å²) in [5, 5.41) is 24.6. The number of hydrogen-bond acceptors (Lipinski definition) is 3. The average Bonchev–Trinajstić information content (AvgIpc) is 3.09. The molecule has 0 bridgehead atoms. The Bertz CT molecular complexity index is 867. The minimum Gasteiger partial charge on any atom is -0.393 e. The largest absolute Gasteiger partial charge is 0.393 e. The van der Waals surface area contributed by atoms with E-state index in [9.17, 15) is 10.2 Å². The molecule has 3 aliphatic carbocycles. The number of piperidine rings is 1. The smallest absolute Gasteiger partial charge is 0.0702 e. The van der Waals surface area contributed by atoms with E-state index in [1.807, 2.05) is 0 Å². The molecule has 1 aliphatic heterocycles. The van der Waals surface area contributed by atoms with Crippen LogP contribution in [0.15, 0.2) is 23.8 Å². The molecule has 172 valence electrons. The van der Waals surface area contributed by atoms with Crippen LogP contribution in [0.25, 0.3) is 0 Å². The molecular weight excluding hydrogens is 406 g/mol. The summed E-state index contributed by atoms with van der Waals surface area (Å²) >= 11 is 0. The van der Waals surface area contributed by atoms with Gasteiger partial charge in [0.1, 0.15) is 0 Å². The van der Waals surface area contributed by atoms with Crippen LogP contribution >= 0.6 is 12.4 Å². The van der Waals surface area contributed by atoms with Crippen LogP contribution < -0.4 is 5.32 Å². The maximum absolute atomic E-state index is 10.7. The highest BCUT2D eigenvalue weighted by Gasteiger charge is 2.50. The molecule has 1 heterocycles. The Morgan fingerprint density at radius 2 is 1.97 bits per heavy atom. The third-order valence-electron chi connectivity index (χ3n) is 9.40. The van der Waals surface area contributed by atoms with Crippen LogP contribution in [0.4, 0.5) is 0 Å². The number of benzene rings is 1. The molecule has 0 radical (unpaired) electrons. The summed E-state index contributed by atoms with van der Waals surface area (Å²) in [6.45, 7) is 10.3. The van der Waals surface area contributed by atoms with Gasteiger partial charge in [0, 0.05) is 6.04 Å². The minimum atomic E-state index is -0.265. The molecule has 4 aliphatic rings. The van der Waals surface area contributed by atoms with Crippen molar-refractivity contribution in [3.8, 4) is 0 Å². The Morgan fingerprint density at radius 1 is 1.19 bits per heavy atom. The number of hydrogen-bond donors (Lipinski definition) is 3. The fraction of sp³-hybridized carbons (Fsp3) is 0.704. The quantitative estimate of drug-likeness (QED) is 0.560. The molecule has 3 N–H and O–H groups in total. The Balaban J connectivity index is 0.00000231. The van der Waals surface area contributed by atoms with Crippen molar-refractivity contribution in [2.75, 3.05) is 6.54 Å². The van der Waals surface area contributed by atoms with Gasteiger partial charge in [0.05, 0.1) is 12.2 Å². The van der Waals surface area contributed by atoms with Crippen LogP contribution in [0.2, 0.25) is 0 Å². The molecule has 0 aromatic heterocycles. The van der Waals surface area contributed by atoms with Gasteiger partial charge < -0.3 is 15.5 Å². The van der Waals surface area contributed by atoms with Crippen molar-refractivity contribution >= 4 is 12.4 Å². The van der Waals surface area contributed by atoms with Crippen molar-refractivity contribution < 1.29 is 10.2 Å². The van der Waals surface area contributed by atoms with Crippen LogP contribution in [-0.2, 0) is 6.42 Å². The first-order valence-electron chi connectivity index (χ1n) is 12.2. The topological polar surface area (TPSA) is 52.5 Å². The molecule has 2 fully saturated rings. The first-order chi connectivity index (χ1) is 14.3. The standard InChI is InChI=1S/C27H39NO2.ClH/c1-15-11-25(30)26(28-14-15)17(3)20-7-8-21-22-6-5-18-12-19(29)9-10-27(18,4)24(22)13-23(21)16(20)2;/h5,7-8,15,17,19,22,24-26,28-30H,6,9-14H2,1-4H3;1H/t15-,17-,19-,22-,24-,25+,26-,27-;/m0./s1. The summed E-state index contributed by atoms with van der Waals surface area (Å²) in [5.74, 6) is 2.16. The molecule has 1 aromatic carbocycles. The molecule has 3 nitrogen and oxygen atoms in total. The van der Waals surface area contributed by atoms with E-state index in [4.69, 9.17) is 0 Å². The first-order valence-corrected chi connectivity index (χ1v) is 12.2. The Labute approximate surface area is 194 Å². The molecule has 8 atom stereocenters. The molecule has 31 heavy (non-hydrogen) atoms. The normalized spacial score (nSPS) is 40.1. The van der Waals surface area contributed by atoms with Crippen molar-refractivity contribution in [1.82, 2.24) is 5.32 Å². The molecule has 1 aromatic rings. The molecule has 1 saturated carbocycles. The molecule has 0 amide bonds. The van der Waals surface area contributed by atoms with E-state index < -0.39 is 0 Å². The Hall–Kier alpha value is -0.870. The third kappa shape index (κ3) is 3.70. The fourth-order valence-corrected chi connectivity index (χ4v) is 7.49. The number of allylic oxidation sites excluding steroid dienone is 1. The van der Waals surface area contributed by atoms with Crippen molar-refractivity contribution in [2.45, 2.75) is 96.3 Å². The highest BCUT2D eigenvalue weighted by atomic mass is 35.5. The number of rotatable bonds is 2. The lowest BCUT2D eigenvalue weighted by molar-refractivity contribution is 0.0656. The predicted octanol–water partition coefficient (Wildman–Crippen LogP) is 5.02. The van der Waals surface area contributed by atoms with E-state index in [1.54, 1.807) is 11.1 Å². The van der Waals surface area contributed by atoms with Gasteiger partial charge in [0.2, 0.25) is 0 Å². The Morgan fingerprint density at radius 3 is 2.71 bits per heavy atom. The molecular formula is C27H40ClNO2. The van der Waals surface area contributed by atoms with E-state index in [0.717, 1.165) is 38.6 Å². The van der Waals surface area contributed by atoms with Crippen LogP contribution in [0.1, 0.15) is 87.0 Å². The van der Waals surface area contributed by atoms with Gasteiger partial charge in [-0.05, 0) is 103 Å². The second-order valence-corrected chi connectivity index (χ2v) is 11.2. The SMILES string of the molecule is Cc1c([C@H](C)[C@@H]2NC[C@@H](C)C[C@H]2O)ccc2c1C[C@H]1[C@H]2CC=C2C[C@@H](O)CC[C@@]21C.Cl. The molecule has 0 unspecified atom stereocenters. The van der Waals surface area contributed by atoms with E-state index in [-0.39, 0.29) is 36.1 Å². The van der Waals surface area contributed by atoms with Gasteiger partial charge in [-0.3, -0.25) is 0 Å². The summed E-state index contributed by atoms with van der Waals surface area (Å²) in [5.41, 5.74) is 7.79. The lowest BCUT2D eigenvalue weighted by atomic mass is 9.57. The van der Waals surface area contributed by atoms with Crippen LogP contribution in [-0.4, -0.2) is 35.0 Å². The van der Waals surface area contributed by atoms with Gasteiger partial charge in [0.15, 0.2) is 0 Å². The van der Waals surface area contributed by atoms with Gasteiger partial charge in [0.25, 0.3) is 0 Å². The van der Waals surface area contributed by atoms with E-state index in [1.165, 1.54) is 23.1 Å². The second-order valence-electron chi connectivity index (χ2n) is 11.2. The monoisotopic (exact) mass is 445 g/mol. The van der Waals surface area contributed by atoms with Crippen LogP contribution in [0, 0.1) is 24.2 Å². The highest BCUT2D eigenvalue weighted by Crippen LogP contribution is 2.60. The number of fused-ring (bicyclic) bond motifs is 5. The first kappa shape index (κ1) is 23.3. The molecule has 4 heteroatoms. The molecule has 0 spiro atoms. The zero-order chi connectivity index (χ0) is 21.2. The summed E-state index contributed by atoms with van der Waals surface area (Å²) in [4.78, 5) is 0. The maximum Gasteiger partial charge on any atom is 0.0702 e. The average molecular weight is 446 g/mol. The van der Waals surface area contributed by atoms with Crippen LogP contribution in [0.5, 0.6) is 0 Å². The number of nitrogens with one attached hydrogen (secondary N) is 1. The minimum absolute atomic E-state index is 0.